The lowest BCUT2D eigenvalue weighted by molar-refractivity contribution is 0.0963. The molecule has 7 heteroatoms. The van der Waals surface area contributed by atoms with Crippen molar-refractivity contribution in [3.05, 3.63) is 59.7 Å². The first-order valence-corrected chi connectivity index (χ1v) is 9.81. The van der Waals surface area contributed by atoms with Gasteiger partial charge in [0.05, 0.1) is 12.8 Å². The Morgan fingerprint density at radius 1 is 1.10 bits per heavy atom. The highest BCUT2D eigenvalue weighted by atomic mass is 16.5. The second kappa shape index (κ2) is 9.82. The number of hydrogen-bond acceptors (Lipinski definition) is 4. The zero-order valence-corrected chi connectivity index (χ0v) is 17.3. The maximum atomic E-state index is 11.8. The number of amides is 1. The maximum absolute atomic E-state index is 11.8. The van der Waals surface area contributed by atoms with Gasteiger partial charge >= 0.3 is 0 Å². The molecule has 1 heterocycles. The lowest BCUT2D eigenvalue weighted by atomic mass is 10.1. The molecule has 1 amide bonds. The fourth-order valence-electron chi connectivity index (χ4n) is 3.53. The second-order valence-corrected chi connectivity index (χ2v) is 6.83. The first-order chi connectivity index (χ1) is 14.2. The number of carbonyl (C=O) groups excluding carboxylic acids is 1. The van der Waals surface area contributed by atoms with Gasteiger partial charge in [-0.3, -0.25) is 9.79 Å². The summed E-state index contributed by atoms with van der Waals surface area (Å²) >= 11 is 0. The molecule has 0 radical (unpaired) electrons. The largest absolute Gasteiger partial charge is 0.495 e. The van der Waals surface area contributed by atoms with E-state index in [4.69, 9.17) is 4.74 Å². The average Bonchev–Trinajstić information content (AvgIpc) is 2.79. The summed E-state index contributed by atoms with van der Waals surface area (Å²) in [5.41, 5.74) is 2.83. The molecular formula is C22H29N5O2. The average molecular weight is 396 g/mol. The Labute approximate surface area is 172 Å². The topological polar surface area (TPSA) is 69.2 Å². The van der Waals surface area contributed by atoms with E-state index in [9.17, 15) is 4.79 Å². The van der Waals surface area contributed by atoms with Crippen LogP contribution >= 0.6 is 0 Å². The number of hydrogen-bond donors (Lipinski definition) is 2. The van der Waals surface area contributed by atoms with E-state index in [1.54, 1.807) is 21.2 Å². The fourth-order valence-corrected chi connectivity index (χ4v) is 3.53. The zero-order valence-electron chi connectivity index (χ0n) is 17.3. The first-order valence-electron chi connectivity index (χ1n) is 9.81. The van der Waals surface area contributed by atoms with E-state index < -0.39 is 0 Å². The van der Waals surface area contributed by atoms with Crippen molar-refractivity contribution in [1.82, 2.24) is 15.5 Å². The van der Waals surface area contributed by atoms with Crippen LogP contribution in [0.4, 0.5) is 5.69 Å². The molecule has 3 rings (SSSR count). The molecule has 1 aliphatic rings. The Morgan fingerprint density at radius 3 is 2.55 bits per heavy atom. The summed E-state index contributed by atoms with van der Waals surface area (Å²) in [7, 11) is 5.15. The minimum atomic E-state index is -0.0799. The van der Waals surface area contributed by atoms with Gasteiger partial charge in [-0.25, -0.2) is 0 Å². The number of guanidine groups is 1. The highest BCUT2D eigenvalue weighted by molar-refractivity contribution is 5.94. The van der Waals surface area contributed by atoms with Crippen LogP contribution in [0, 0.1) is 0 Å². The van der Waals surface area contributed by atoms with E-state index >= 15 is 0 Å². The monoisotopic (exact) mass is 395 g/mol. The van der Waals surface area contributed by atoms with Gasteiger partial charge < -0.3 is 25.2 Å². The van der Waals surface area contributed by atoms with Gasteiger partial charge in [0, 0.05) is 52.4 Å². The molecule has 0 saturated carbocycles. The molecule has 2 aromatic rings. The van der Waals surface area contributed by atoms with Crippen molar-refractivity contribution in [3.63, 3.8) is 0 Å². The standard InChI is InChI=1S/C22H29N5O2/c1-23-21(28)18-8-6-7-17(15-18)16-25-22(24-2)27-13-11-26(12-14-27)19-9-4-5-10-20(19)29-3/h4-10,15H,11-14,16H2,1-3H3,(H,23,28)(H,24,25). The van der Waals surface area contributed by atoms with Gasteiger partial charge in [0.1, 0.15) is 5.75 Å². The minimum absolute atomic E-state index is 0.0799. The predicted molar refractivity (Wildman–Crippen MR) is 117 cm³/mol. The SMILES string of the molecule is CN=C(NCc1cccc(C(=O)NC)c1)N1CCN(c2ccccc2OC)CC1. The maximum Gasteiger partial charge on any atom is 0.251 e. The van der Waals surface area contributed by atoms with Gasteiger partial charge in [-0.05, 0) is 29.8 Å². The lowest BCUT2D eigenvalue weighted by Gasteiger charge is -2.38. The third-order valence-corrected chi connectivity index (χ3v) is 5.08. The van der Waals surface area contributed by atoms with Crippen LogP contribution in [0.25, 0.3) is 0 Å². The van der Waals surface area contributed by atoms with E-state index in [2.05, 4.69) is 31.5 Å². The number of ether oxygens (including phenoxy) is 1. The van der Waals surface area contributed by atoms with E-state index in [0.29, 0.717) is 12.1 Å². The van der Waals surface area contributed by atoms with E-state index in [-0.39, 0.29) is 5.91 Å². The molecule has 1 saturated heterocycles. The van der Waals surface area contributed by atoms with Crippen LogP contribution in [0.5, 0.6) is 5.75 Å². The summed E-state index contributed by atoms with van der Waals surface area (Å²) in [5, 5.41) is 6.07. The molecule has 7 nitrogen and oxygen atoms in total. The summed E-state index contributed by atoms with van der Waals surface area (Å²) < 4.78 is 5.50. The van der Waals surface area contributed by atoms with Crippen LogP contribution in [0.15, 0.2) is 53.5 Å². The predicted octanol–water partition coefficient (Wildman–Crippen LogP) is 1.95. The Kier molecular flexibility index (Phi) is 6.94. The number of aliphatic imine (C=N–C) groups is 1. The van der Waals surface area contributed by atoms with Crippen LogP contribution in [-0.2, 0) is 6.54 Å². The third-order valence-electron chi connectivity index (χ3n) is 5.08. The summed E-state index contributed by atoms with van der Waals surface area (Å²) in [6.07, 6.45) is 0. The number of benzene rings is 2. The van der Waals surface area contributed by atoms with E-state index in [1.807, 2.05) is 42.5 Å². The number of carbonyl (C=O) groups is 1. The highest BCUT2D eigenvalue weighted by Gasteiger charge is 2.21. The summed E-state index contributed by atoms with van der Waals surface area (Å²) in [6.45, 7) is 4.15. The normalized spacial score (nSPS) is 14.5. The molecule has 29 heavy (non-hydrogen) atoms. The molecule has 154 valence electrons. The van der Waals surface area contributed by atoms with Gasteiger partial charge in [0.15, 0.2) is 5.96 Å². The van der Waals surface area contributed by atoms with Crippen LogP contribution in [0.3, 0.4) is 0 Å². The Balaban J connectivity index is 1.58. The molecule has 0 aliphatic carbocycles. The molecule has 1 fully saturated rings. The molecule has 0 unspecified atom stereocenters. The van der Waals surface area contributed by atoms with Crippen LogP contribution in [0.1, 0.15) is 15.9 Å². The van der Waals surface area contributed by atoms with Gasteiger partial charge in [0.25, 0.3) is 5.91 Å². The fraction of sp³-hybridized carbons (Fsp3) is 0.364. The molecule has 0 spiro atoms. The molecule has 0 atom stereocenters. The van der Waals surface area contributed by atoms with E-state index in [0.717, 1.165) is 49.1 Å². The lowest BCUT2D eigenvalue weighted by Crippen LogP contribution is -2.52. The number of para-hydroxylation sites is 2. The quantitative estimate of drug-likeness (QED) is 0.598. The highest BCUT2D eigenvalue weighted by Crippen LogP contribution is 2.28. The number of nitrogens with zero attached hydrogens (tertiary/aromatic N) is 3. The molecule has 1 aliphatic heterocycles. The second-order valence-electron chi connectivity index (χ2n) is 6.83. The Bertz CT molecular complexity index is 860. The summed E-state index contributed by atoms with van der Waals surface area (Å²) in [5.74, 6) is 1.69. The Hall–Kier alpha value is -3.22. The van der Waals surface area contributed by atoms with Crippen LogP contribution < -0.4 is 20.3 Å². The summed E-state index contributed by atoms with van der Waals surface area (Å²) in [4.78, 5) is 20.9. The first kappa shape index (κ1) is 20.5. The summed E-state index contributed by atoms with van der Waals surface area (Å²) in [6, 6.07) is 15.7. The van der Waals surface area contributed by atoms with Crippen molar-refractivity contribution in [2.75, 3.05) is 52.3 Å². The van der Waals surface area contributed by atoms with Crippen LogP contribution in [-0.4, -0.2) is 64.2 Å². The van der Waals surface area contributed by atoms with Crippen molar-refractivity contribution in [2.24, 2.45) is 4.99 Å². The van der Waals surface area contributed by atoms with Crippen molar-refractivity contribution in [3.8, 4) is 5.75 Å². The van der Waals surface area contributed by atoms with Crippen molar-refractivity contribution in [1.29, 1.82) is 0 Å². The number of nitrogens with one attached hydrogen (secondary N) is 2. The van der Waals surface area contributed by atoms with Gasteiger partial charge in [-0.2, -0.15) is 0 Å². The van der Waals surface area contributed by atoms with Crippen molar-refractivity contribution in [2.45, 2.75) is 6.54 Å². The molecule has 2 aromatic carbocycles. The minimum Gasteiger partial charge on any atom is -0.495 e. The molecular weight excluding hydrogens is 366 g/mol. The molecule has 2 N–H and O–H groups in total. The molecule has 0 bridgehead atoms. The van der Waals surface area contributed by atoms with Gasteiger partial charge in [-0.1, -0.05) is 24.3 Å². The number of rotatable bonds is 5. The van der Waals surface area contributed by atoms with Crippen molar-refractivity contribution < 1.29 is 9.53 Å². The number of piperazine rings is 1. The van der Waals surface area contributed by atoms with Crippen molar-refractivity contribution >= 4 is 17.6 Å². The molecule has 0 aromatic heterocycles. The Morgan fingerprint density at radius 2 is 1.86 bits per heavy atom. The zero-order chi connectivity index (χ0) is 20.6. The number of anilines is 1. The third kappa shape index (κ3) is 4.99. The van der Waals surface area contributed by atoms with Crippen LogP contribution in [0.2, 0.25) is 0 Å². The number of methoxy groups -OCH3 is 1. The van der Waals surface area contributed by atoms with Gasteiger partial charge in [-0.15, -0.1) is 0 Å². The smallest absolute Gasteiger partial charge is 0.251 e. The van der Waals surface area contributed by atoms with Gasteiger partial charge in [0.2, 0.25) is 0 Å². The van der Waals surface area contributed by atoms with E-state index in [1.165, 1.54) is 0 Å².